The number of fused-ring (bicyclic) bond motifs is 1. The van der Waals surface area contributed by atoms with Crippen LogP contribution in [0, 0.1) is 18.3 Å². The van der Waals surface area contributed by atoms with E-state index in [2.05, 4.69) is 20.4 Å². The van der Waals surface area contributed by atoms with E-state index in [0.717, 1.165) is 5.39 Å². The van der Waals surface area contributed by atoms with Gasteiger partial charge in [-0.25, -0.2) is 14.8 Å². The summed E-state index contributed by atoms with van der Waals surface area (Å²) in [5.74, 6) is -1.24. The average Bonchev–Trinajstić information content (AvgIpc) is 3.24. The van der Waals surface area contributed by atoms with Gasteiger partial charge in [0.25, 0.3) is 11.9 Å². The van der Waals surface area contributed by atoms with Crippen molar-refractivity contribution in [1.29, 1.82) is 5.26 Å². The number of amides is 1. The van der Waals surface area contributed by atoms with Gasteiger partial charge in [-0.3, -0.25) is 4.79 Å². The Kier molecular flexibility index (Phi) is 7.35. The number of phenols is 1. The van der Waals surface area contributed by atoms with Crippen molar-refractivity contribution < 1.29 is 19.8 Å². The average molecular weight is 523 g/mol. The molecule has 7 N–H and O–H groups in total. The molecule has 0 saturated heterocycles. The summed E-state index contributed by atoms with van der Waals surface area (Å²) in [6, 6.07) is 18.1. The molecular weight excluding hydrogens is 500 g/mol. The summed E-state index contributed by atoms with van der Waals surface area (Å²) in [5, 5.41) is 36.0. The van der Waals surface area contributed by atoms with Crippen LogP contribution in [0.4, 0.5) is 17.2 Å². The molecule has 1 amide bonds. The van der Waals surface area contributed by atoms with Crippen LogP contribution in [0.2, 0.25) is 0 Å². The number of nitrogen functional groups attached to an aromatic ring is 2. The fourth-order valence-corrected chi connectivity index (χ4v) is 3.67. The first kappa shape index (κ1) is 26.1. The number of nitrogens with two attached hydrogens (primary N) is 2. The first-order chi connectivity index (χ1) is 18.7. The van der Waals surface area contributed by atoms with Gasteiger partial charge in [0.2, 0.25) is 0 Å². The Morgan fingerprint density at radius 1 is 1.03 bits per heavy atom. The van der Waals surface area contributed by atoms with Crippen LogP contribution in [0.5, 0.6) is 5.75 Å². The molecule has 0 bridgehead atoms. The van der Waals surface area contributed by atoms with Crippen LogP contribution in [0.15, 0.2) is 73.1 Å². The highest BCUT2D eigenvalue weighted by molar-refractivity contribution is 6.12. The third-order valence-electron chi connectivity index (χ3n) is 5.64. The molecule has 2 heterocycles. The SMILES string of the molecule is Cc1nn(-c2ncccn2)c(N)c1C#N.Nc1c(O)c(C(=O)Nc2ccc(C(=O)O)cc2)cc2ccccc12. The number of carbonyl (C=O) groups is 2. The van der Waals surface area contributed by atoms with Gasteiger partial charge in [-0.15, -0.1) is 0 Å². The largest absolute Gasteiger partial charge is 0.505 e. The number of aromatic nitrogens is 4. The Hall–Kier alpha value is -5.96. The van der Waals surface area contributed by atoms with E-state index >= 15 is 0 Å². The van der Waals surface area contributed by atoms with Crippen molar-refractivity contribution in [3.8, 4) is 17.8 Å². The van der Waals surface area contributed by atoms with Gasteiger partial charge in [0.1, 0.15) is 17.5 Å². The summed E-state index contributed by atoms with van der Waals surface area (Å²) in [6.07, 6.45) is 3.18. The fraction of sp³-hybridized carbons (Fsp3) is 0.0370. The van der Waals surface area contributed by atoms with Crippen molar-refractivity contribution >= 4 is 39.8 Å². The molecule has 12 heteroatoms. The van der Waals surface area contributed by atoms with Crippen molar-refractivity contribution in [2.75, 3.05) is 16.8 Å². The van der Waals surface area contributed by atoms with Gasteiger partial charge in [-0.1, -0.05) is 24.3 Å². The van der Waals surface area contributed by atoms with Crippen molar-refractivity contribution in [3.63, 3.8) is 0 Å². The molecule has 5 rings (SSSR count). The summed E-state index contributed by atoms with van der Waals surface area (Å²) in [6.45, 7) is 1.72. The summed E-state index contributed by atoms with van der Waals surface area (Å²) in [5.41, 5.74) is 13.3. The van der Waals surface area contributed by atoms with Crippen molar-refractivity contribution in [1.82, 2.24) is 19.7 Å². The van der Waals surface area contributed by atoms with Crippen LogP contribution in [0.1, 0.15) is 32.0 Å². The van der Waals surface area contributed by atoms with Gasteiger partial charge in [0.05, 0.1) is 22.5 Å². The second kappa shape index (κ2) is 11.0. The second-order valence-corrected chi connectivity index (χ2v) is 8.16. The molecule has 3 aromatic carbocycles. The lowest BCUT2D eigenvalue weighted by Crippen LogP contribution is -2.13. The number of carbonyl (C=O) groups excluding carboxylic acids is 1. The molecule has 39 heavy (non-hydrogen) atoms. The number of carboxylic acids is 1. The molecule has 0 aliphatic carbocycles. The smallest absolute Gasteiger partial charge is 0.335 e. The molecule has 0 radical (unpaired) electrons. The number of hydrogen-bond acceptors (Lipinski definition) is 9. The van der Waals surface area contributed by atoms with Gasteiger partial charge >= 0.3 is 5.97 Å². The number of nitrogens with zero attached hydrogens (tertiary/aromatic N) is 5. The van der Waals surface area contributed by atoms with Crippen LogP contribution in [-0.4, -0.2) is 41.8 Å². The third-order valence-corrected chi connectivity index (χ3v) is 5.64. The number of carboxylic acid groups (broad SMARTS) is 1. The Balaban J connectivity index is 0.000000202. The van der Waals surface area contributed by atoms with E-state index in [0.29, 0.717) is 28.3 Å². The monoisotopic (exact) mass is 522 g/mol. The molecule has 0 aliphatic rings. The lowest BCUT2D eigenvalue weighted by atomic mass is 10.0. The van der Waals surface area contributed by atoms with E-state index in [1.807, 2.05) is 12.1 Å². The number of hydrogen-bond donors (Lipinski definition) is 5. The predicted octanol–water partition coefficient (Wildman–Crippen LogP) is 3.50. The number of aromatic hydroxyl groups is 1. The van der Waals surface area contributed by atoms with Gasteiger partial charge in [-0.05, 0) is 48.7 Å². The summed E-state index contributed by atoms with van der Waals surface area (Å²) in [7, 11) is 0. The van der Waals surface area contributed by atoms with Gasteiger partial charge in [0.15, 0.2) is 5.75 Å². The molecule has 0 spiro atoms. The minimum absolute atomic E-state index is 0.0495. The zero-order valence-corrected chi connectivity index (χ0v) is 20.5. The molecule has 0 atom stereocenters. The quantitative estimate of drug-likeness (QED) is 0.171. The maximum Gasteiger partial charge on any atom is 0.335 e. The Morgan fingerprint density at radius 3 is 2.31 bits per heavy atom. The molecule has 0 saturated carbocycles. The second-order valence-electron chi connectivity index (χ2n) is 8.16. The van der Waals surface area contributed by atoms with Crippen LogP contribution in [-0.2, 0) is 0 Å². The number of phenolic OH excluding ortho intramolecular Hbond substituents is 1. The maximum absolute atomic E-state index is 12.4. The molecule has 194 valence electrons. The molecule has 5 aromatic rings. The highest BCUT2D eigenvalue weighted by atomic mass is 16.4. The van der Waals surface area contributed by atoms with E-state index in [1.165, 1.54) is 28.9 Å². The lowest BCUT2D eigenvalue weighted by Gasteiger charge is -2.11. The molecular formula is C27H22N8O4. The molecule has 0 unspecified atom stereocenters. The topological polar surface area (TPSA) is 206 Å². The van der Waals surface area contributed by atoms with Crippen LogP contribution < -0.4 is 16.8 Å². The molecule has 0 fully saturated rings. The van der Waals surface area contributed by atoms with E-state index in [-0.39, 0.29) is 28.4 Å². The minimum Gasteiger partial charge on any atom is -0.505 e. The zero-order chi connectivity index (χ0) is 28.1. The first-order valence-electron chi connectivity index (χ1n) is 11.4. The summed E-state index contributed by atoms with van der Waals surface area (Å²) < 4.78 is 1.36. The Labute approximate surface area is 221 Å². The minimum atomic E-state index is -1.05. The Morgan fingerprint density at radius 2 is 1.69 bits per heavy atom. The van der Waals surface area contributed by atoms with Gasteiger partial charge in [-0.2, -0.15) is 15.0 Å². The van der Waals surface area contributed by atoms with Crippen molar-refractivity contribution in [3.05, 3.63) is 95.4 Å². The van der Waals surface area contributed by atoms with E-state index in [4.69, 9.17) is 21.8 Å². The number of benzene rings is 3. The van der Waals surface area contributed by atoms with Crippen molar-refractivity contribution in [2.45, 2.75) is 6.92 Å². The van der Waals surface area contributed by atoms with Crippen LogP contribution in [0.3, 0.4) is 0 Å². The van der Waals surface area contributed by atoms with E-state index < -0.39 is 11.9 Å². The molecule has 0 aliphatic heterocycles. The number of nitrogens with one attached hydrogen (secondary N) is 1. The van der Waals surface area contributed by atoms with Gasteiger partial charge < -0.3 is 27.0 Å². The van der Waals surface area contributed by atoms with Gasteiger partial charge in [0, 0.05) is 23.5 Å². The van der Waals surface area contributed by atoms with Crippen molar-refractivity contribution in [2.24, 2.45) is 0 Å². The van der Waals surface area contributed by atoms with E-state index in [9.17, 15) is 14.7 Å². The normalized spacial score (nSPS) is 10.3. The van der Waals surface area contributed by atoms with E-state index in [1.54, 1.807) is 49.6 Å². The highest BCUT2D eigenvalue weighted by Gasteiger charge is 2.17. The predicted molar refractivity (Wildman–Crippen MR) is 144 cm³/mol. The zero-order valence-electron chi connectivity index (χ0n) is 20.5. The number of anilines is 3. The fourth-order valence-electron chi connectivity index (χ4n) is 3.67. The standard InChI is InChI=1S/C18H14N2O4.C9H8N6/c19-15-13-4-2-1-3-11(13)9-14(16(15)21)17(22)20-12-7-5-10(6-8-12)18(23)24;1-6-7(5-10)8(11)15(14-6)9-12-3-2-4-13-9/h1-9,21H,19H2,(H,20,22)(H,23,24);2-4H,11H2,1H3. The summed E-state index contributed by atoms with van der Waals surface area (Å²) in [4.78, 5) is 31.2. The number of aryl methyl sites for hydroxylation is 1. The third kappa shape index (κ3) is 5.42. The lowest BCUT2D eigenvalue weighted by molar-refractivity contribution is 0.0696. The molecule has 12 nitrogen and oxygen atoms in total. The number of rotatable bonds is 4. The number of nitriles is 1. The highest BCUT2D eigenvalue weighted by Crippen LogP contribution is 2.34. The first-order valence-corrected chi connectivity index (χ1v) is 11.4. The molecule has 2 aromatic heterocycles. The van der Waals surface area contributed by atoms with Crippen LogP contribution >= 0.6 is 0 Å². The maximum atomic E-state index is 12.4. The van der Waals surface area contributed by atoms with Crippen LogP contribution in [0.25, 0.3) is 16.7 Å². The summed E-state index contributed by atoms with van der Waals surface area (Å²) >= 11 is 0. The Bertz CT molecular complexity index is 1730. The number of aromatic carboxylic acids is 1.